The Morgan fingerprint density at radius 2 is 1.88 bits per heavy atom. The Morgan fingerprint density at radius 3 is 2.53 bits per heavy atom. The molecule has 1 aliphatic heterocycles. The minimum Gasteiger partial charge on any atom is -0.497 e. The van der Waals surface area contributed by atoms with E-state index in [9.17, 15) is 18.0 Å². The van der Waals surface area contributed by atoms with Gasteiger partial charge in [-0.15, -0.1) is 0 Å². The highest BCUT2D eigenvalue weighted by molar-refractivity contribution is 8.00. The van der Waals surface area contributed by atoms with E-state index in [4.69, 9.17) is 16.3 Å². The Balaban J connectivity index is 1.67. The lowest BCUT2D eigenvalue weighted by molar-refractivity contribution is -0.137. The Morgan fingerprint density at radius 1 is 1.16 bits per heavy atom. The van der Waals surface area contributed by atoms with Gasteiger partial charge < -0.3 is 15.5 Å². The molecule has 0 fully saturated rings. The number of aromatic nitrogens is 1. The van der Waals surface area contributed by atoms with Crippen LogP contribution in [-0.2, 0) is 11.0 Å². The molecule has 4 rings (SSSR count). The van der Waals surface area contributed by atoms with E-state index in [1.165, 1.54) is 11.8 Å². The first-order valence-corrected chi connectivity index (χ1v) is 10.9. The highest BCUT2D eigenvalue weighted by Crippen LogP contribution is 2.40. The fraction of sp³-hybridized carbons (Fsp3) is 0.227. The third-order valence-corrected chi connectivity index (χ3v) is 6.77. The van der Waals surface area contributed by atoms with Crippen LogP contribution in [0.25, 0.3) is 0 Å². The number of halogens is 4. The van der Waals surface area contributed by atoms with Crippen LogP contribution in [0.5, 0.6) is 5.75 Å². The summed E-state index contributed by atoms with van der Waals surface area (Å²) >= 11 is 7.40. The summed E-state index contributed by atoms with van der Waals surface area (Å²) in [5.41, 5.74) is 4.17. The first-order chi connectivity index (χ1) is 15.2. The second kappa shape index (κ2) is 8.63. The van der Waals surface area contributed by atoms with Crippen LogP contribution in [0.1, 0.15) is 22.9 Å². The fourth-order valence-corrected chi connectivity index (χ4v) is 4.84. The molecule has 10 heteroatoms. The Labute approximate surface area is 191 Å². The number of ether oxygens (including phenoxy) is 1. The minimum absolute atomic E-state index is 0.0281. The third kappa shape index (κ3) is 4.40. The van der Waals surface area contributed by atoms with E-state index in [2.05, 4.69) is 10.7 Å². The quantitative estimate of drug-likeness (QED) is 0.489. The standard InChI is InChI=1S/C22H19ClF3N3O2S/c1-12-3-10-18-29(12)28-19(13-4-7-15(31-2)8-5-13)20(32-18)21(30)27-17-11-14(22(24,25)26)6-9-16(17)23/h3-11,19-20,28H,1-2H3,(H,27,30). The van der Waals surface area contributed by atoms with E-state index in [-0.39, 0.29) is 10.7 Å². The number of hydrogen-bond acceptors (Lipinski definition) is 4. The van der Waals surface area contributed by atoms with Gasteiger partial charge in [0.25, 0.3) is 0 Å². The number of benzene rings is 2. The lowest BCUT2D eigenvalue weighted by Crippen LogP contribution is -2.41. The SMILES string of the molecule is COc1ccc(C2Nn3c(C)ccc3SC2C(=O)Nc2cc(C(F)(F)F)ccc2Cl)cc1. The molecule has 1 aromatic heterocycles. The van der Waals surface area contributed by atoms with E-state index < -0.39 is 28.9 Å². The van der Waals surface area contributed by atoms with Gasteiger partial charge in [-0.05, 0) is 55.0 Å². The summed E-state index contributed by atoms with van der Waals surface area (Å²) in [4.78, 5) is 13.3. The number of nitrogens with zero attached hydrogens (tertiary/aromatic N) is 1. The van der Waals surface area contributed by atoms with Gasteiger partial charge in [0.1, 0.15) is 11.0 Å². The van der Waals surface area contributed by atoms with Gasteiger partial charge in [-0.3, -0.25) is 9.47 Å². The lowest BCUT2D eigenvalue weighted by atomic mass is 10.0. The lowest BCUT2D eigenvalue weighted by Gasteiger charge is -2.34. The normalized spacial score (nSPS) is 17.9. The van der Waals surface area contributed by atoms with Gasteiger partial charge in [-0.1, -0.05) is 35.5 Å². The predicted octanol–water partition coefficient (Wildman–Crippen LogP) is 5.88. The molecule has 0 radical (unpaired) electrons. The van der Waals surface area contributed by atoms with Crippen molar-refractivity contribution < 1.29 is 22.7 Å². The van der Waals surface area contributed by atoms with Gasteiger partial charge in [-0.2, -0.15) is 13.2 Å². The van der Waals surface area contributed by atoms with Crippen LogP contribution in [0, 0.1) is 6.92 Å². The number of nitrogens with one attached hydrogen (secondary N) is 2. The molecular weight excluding hydrogens is 463 g/mol. The number of hydrogen-bond donors (Lipinski definition) is 2. The number of carbonyl (C=O) groups excluding carboxylic acids is 1. The first-order valence-electron chi connectivity index (χ1n) is 9.60. The molecule has 1 aliphatic rings. The van der Waals surface area contributed by atoms with Gasteiger partial charge in [0.05, 0.1) is 34.5 Å². The number of carbonyl (C=O) groups is 1. The molecule has 0 saturated carbocycles. The van der Waals surface area contributed by atoms with Crippen molar-refractivity contribution in [3.05, 3.63) is 76.4 Å². The Bertz CT molecular complexity index is 1150. The van der Waals surface area contributed by atoms with Crippen molar-refractivity contribution >= 4 is 35.0 Å². The molecule has 2 atom stereocenters. The molecule has 1 amide bonds. The van der Waals surface area contributed by atoms with E-state index in [0.29, 0.717) is 5.75 Å². The molecule has 0 aliphatic carbocycles. The van der Waals surface area contributed by atoms with Gasteiger partial charge in [0.2, 0.25) is 5.91 Å². The second-order valence-electron chi connectivity index (χ2n) is 7.25. The maximum absolute atomic E-state index is 13.3. The number of rotatable bonds is 4. The minimum atomic E-state index is -4.55. The summed E-state index contributed by atoms with van der Waals surface area (Å²) in [5.74, 6) is 0.210. The second-order valence-corrected chi connectivity index (χ2v) is 8.82. The molecule has 2 N–H and O–H groups in total. The zero-order valence-corrected chi connectivity index (χ0v) is 18.6. The molecular formula is C22H19ClF3N3O2S. The number of amides is 1. The molecule has 0 bridgehead atoms. The first kappa shape index (κ1) is 22.4. The van der Waals surface area contributed by atoms with E-state index in [1.54, 1.807) is 19.2 Å². The molecule has 5 nitrogen and oxygen atoms in total. The van der Waals surface area contributed by atoms with Crippen molar-refractivity contribution in [3.63, 3.8) is 0 Å². The van der Waals surface area contributed by atoms with Gasteiger partial charge in [0.15, 0.2) is 0 Å². The van der Waals surface area contributed by atoms with Gasteiger partial charge in [-0.25, -0.2) is 0 Å². The number of aryl methyl sites for hydroxylation is 1. The predicted molar refractivity (Wildman–Crippen MR) is 119 cm³/mol. The summed E-state index contributed by atoms with van der Waals surface area (Å²) in [6.07, 6.45) is -4.55. The van der Waals surface area contributed by atoms with Crippen LogP contribution in [0.2, 0.25) is 5.02 Å². The summed E-state index contributed by atoms with van der Waals surface area (Å²) < 4.78 is 46.5. The maximum atomic E-state index is 13.3. The van der Waals surface area contributed by atoms with E-state index in [1.807, 2.05) is 35.9 Å². The fourth-order valence-electron chi connectivity index (χ4n) is 3.44. The number of anilines is 1. The molecule has 3 aromatic rings. The maximum Gasteiger partial charge on any atom is 0.416 e. The van der Waals surface area contributed by atoms with Crippen molar-refractivity contribution in [1.82, 2.24) is 4.68 Å². The van der Waals surface area contributed by atoms with E-state index in [0.717, 1.165) is 34.5 Å². The van der Waals surface area contributed by atoms with Gasteiger partial charge >= 0.3 is 6.18 Å². The highest BCUT2D eigenvalue weighted by atomic mass is 35.5. The molecule has 2 aromatic carbocycles. The van der Waals surface area contributed by atoms with Crippen molar-refractivity contribution in [2.45, 2.75) is 29.4 Å². The molecule has 2 heterocycles. The summed E-state index contributed by atoms with van der Waals surface area (Å²) in [5, 5.41) is 2.77. The molecule has 0 saturated heterocycles. The zero-order chi connectivity index (χ0) is 23.0. The van der Waals surface area contributed by atoms with Crippen LogP contribution in [0.15, 0.2) is 59.6 Å². The monoisotopic (exact) mass is 481 g/mol. The van der Waals surface area contributed by atoms with Crippen LogP contribution >= 0.6 is 23.4 Å². The number of alkyl halides is 3. The average molecular weight is 482 g/mol. The average Bonchev–Trinajstić information content (AvgIpc) is 3.13. The zero-order valence-electron chi connectivity index (χ0n) is 17.0. The van der Waals surface area contributed by atoms with Crippen molar-refractivity contribution in [1.29, 1.82) is 0 Å². The largest absolute Gasteiger partial charge is 0.497 e. The summed E-state index contributed by atoms with van der Waals surface area (Å²) in [6, 6.07) is 13.5. The summed E-state index contributed by atoms with van der Waals surface area (Å²) in [7, 11) is 1.56. The van der Waals surface area contributed by atoms with Crippen LogP contribution < -0.4 is 15.5 Å². The van der Waals surface area contributed by atoms with Crippen molar-refractivity contribution in [2.24, 2.45) is 0 Å². The van der Waals surface area contributed by atoms with Crippen LogP contribution in [0.3, 0.4) is 0 Å². The van der Waals surface area contributed by atoms with Crippen molar-refractivity contribution in [3.8, 4) is 5.75 Å². The number of methoxy groups -OCH3 is 1. The molecule has 2 unspecified atom stereocenters. The van der Waals surface area contributed by atoms with Crippen LogP contribution in [-0.4, -0.2) is 22.9 Å². The van der Waals surface area contributed by atoms with Crippen molar-refractivity contribution in [2.75, 3.05) is 17.9 Å². The van der Waals surface area contributed by atoms with Crippen LogP contribution in [0.4, 0.5) is 18.9 Å². The smallest absolute Gasteiger partial charge is 0.416 e. The van der Waals surface area contributed by atoms with E-state index >= 15 is 0 Å². The number of fused-ring (bicyclic) bond motifs is 1. The topological polar surface area (TPSA) is 55.3 Å². The summed E-state index contributed by atoms with van der Waals surface area (Å²) in [6.45, 7) is 1.94. The number of thioether (sulfide) groups is 1. The molecule has 32 heavy (non-hydrogen) atoms. The Kier molecular flexibility index (Phi) is 6.05. The molecule has 168 valence electrons. The van der Waals surface area contributed by atoms with Gasteiger partial charge in [0, 0.05) is 5.69 Å². The molecule has 0 spiro atoms. The third-order valence-electron chi connectivity index (χ3n) is 5.14. The Hall–Kier alpha value is -2.78. The highest BCUT2D eigenvalue weighted by Gasteiger charge is 2.37.